The molecule has 0 heterocycles. The highest BCUT2D eigenvalue weighted by atomic mass is 79.9. The van der Waals surface area contributed by atoms with Gasteiger partial charge in [0, 0.05) is 15.2 Å². The van der Waals surface area contributed by atoms with Crippen molar-refractivity contribution < 1.29 is 14.3 Å². The van der Waals surface area contributed by atoms with Gasteiger partial charge in [-0.2, -0.15) is 0 Å². The lowest BCUT2D eigenvalue weighted by Crippen LogP contribution is -2.30. The Kier molecular flexibility index (Phi) is 5.57. The van der Waals surface area contributed by atoms with E-state index in [-0.39, 0.29) is 0 Å². The summed E-state index contributed by atoms with van der Waals surface area (Å²) in [4.78, 5) is 24.0. The summed E-state index contributed by atoms with van der Waals surface area (Å²) < 4.78 is 5.92. The summed E-state index contributed by atoms with van der Waals surface area (Å²) in [5, 5.41) is 3.23. The first kappa shape index (κ1) is 16.5. The number of ether oxygens (including phenoxy) is 1. The minimum Gasteiger partial charge on any atom is -0.449 e. The summed E-state index contributed by atoms with van der Waals surface area (Å²) >= 11 is 9.05. The highest BCUT2D eigenvalue weighted by molar-refractivity contribution is 9.10. The van der Waals surface area contributed by atoms with Gasteiger partial charge < -0.3 is 10.1 Å². The second kappa shape index (κ2) is 7.42. The highest BCUT2D eigenvalue weighted by Gasteiger charge is 2.19. The highest BCUT2D eigenvalue weighted by Crippen LogP contribution is 2.15. The van der Waals surface area contributed by atoms with Crippen LogP contribution in [-0.4, -0.2) is 18.0 Å². The zero-order chi connectivity index (χ0) is 16.1. The van der Waals surface area contributed by atoms with E-state index in [4.69, 9.17) is 16.3 Å². The number of carbonyl (C=O) groups excluding carboxylic acids is 2. The van der Waals surface area contributed by atoms with E-state index in [0.717, 1.165) is 4.47 Å². The molecule has 0 radical (unpaired) electrons. The van der Waals surface area contributed by atoms with Crippen LogP contribution in [0, 0.1) is 0 Å². The zero-order valence-electron chi connectivity index (χ0n) is 11.7. The molecule has 4 nitrogen and oxygen atoms in total. The van der Waals surface area contributed by atoms with Crippen LogP contribution in [0.25, 0.3) is 0 Å². The fourth-order valence-corrected chi connectivity index (χ4v) is 2.20. The van der Waals surface area contributed by atoms with Crippen LogP contribution in [0.3, 0.4) is 0 Å². The smallest absolute Gasteiger partial charge is 0.338 e. The number of esters is 1. The molecule has 22 heavy (non-hydrogen) atoms. The van der Waals surface area contributed by atoms with E-state index in [2.05, 4.69) is 21.2 Å². The van der Waals surface area contributed by atoms with Gasteiger partial charge in [0.05, 0.1) is 5.56 Å². The molecule has 0 aliphatic carbocycles. The van der Waals surface area contributed by atoms with Crippen molar-refractivity contribution in [3.05, 3.63) is 63.6 Å². The van der Waals surface area contributed by atoms with E-state index in [0.29, 0.717) is 16.3 Å². The number of halogens is 2. The largest absolute Gasteiger partial charge is 0.449 e. The first-order valence-corrected chi connectivity index (χ1v) is 7.66. The molecular formula is C16H13BrClNO3. The second-order valence-corrected chi connectivity index (χ2v) is 5.91. The molecule has 0 aliphatic rings. The number of hydrogen-bond acceptors (Lipinski definition) is 3. The first-order chi connectivity index (χ1) is 10.5. The number of carbonyl (C=O) groups is 2. The van der Waals surface area contributed by atoms with E-state index in [1.807, 2.05) is 0 Å². The second-order valence-electron chi connectivity index (χ2n) is 4.55. The van der Waals surface area contributed by atoms with Gasteiger partial charge >= 0.3 is 5.97 Å². The lowest BCUT2D eigenvalue weighted by Gasteiger charge is -2.13. The fraction of sp³-hybridized carbons (Fsp3) is 0.125. The Morgan fingerprint density at radius 1 is 1.18 bits per heavy atom. The molecule has 0 saturated carbocycles. The monoisotopic (exact) mass is 381 g/mol. The maximum atomic E-state index is 12.0. The van der Waals surface area contributed by atoms with E-state index in [9.17, 15) is 9.59 Å². The van der Waals surface area contributed by atoms with Crippen LogP contribution < -0.4 is 5.32 Å². The van der Waals surface area contributed by atoms with E-state index < -0.39 is 18.0 Å². The Labute approximate surface area is 141 Å². The van der Waals surface area contributed by atoms with Crippen molar-refractivity contribution in [3.63, 3.8) is 0 Å². The Bertz CT molecular complexity index is 688. The molecule has 0 saturated heterocycles. The Hall–Kier alpha value is -1.85. The van der Waals surface area contributed by atoms with E-state index in [1.54, 1.807) is 48.5 Å². The first-order valence-electron chi connectivity index (χ1n) is 6.48. The van der Waals surface area contributed by atoms with Gasteiger partial charge in [-0.05, 0) is 49.4 Å². The normalized spacial score (nSPS) is 11.6. The average molecular weight is 383 g/mol. The molecule has 1 N–H and O–H groups in total. The van der Waals surface area contributed by atoms with Crippen LogP contribution in [0.15, 0.2) is 53.0 Å². The maximum absolute atomic E-state index is 12.0. The van der Waals surface area contributed by atoms with Gasteiger partial charge in [-0.3, -0.25) is 4.79 Å². The summed E-state index contributed by atoms with van der Waals surface area (Å²) in [7, 11) is 0. The van der Waals surface area contributed by atoms with Crippen LogP contribution in [0.1, 0.15) is 17.3 Å². The van der Waals surface area contributed by atoms with Crippen LogP contribution in [0.2, 0.25) is 5.02 Å². The van der Waals surface area contributed by atoms with Crippen LogP contribution in [0.4, 0.5) is 5.69 Å². The number of anilines is 1. The number of hydrogen-bond donors (Lipinski definition) is 1. The molecule has 114 valence electrons. The van der Waals surface area contributed by atoms with Gasteiger partial charge in [0.15, 0.2) is 6.10 Å². The molecule has 2 aromatic rings. The molecule has 1 amide bonds. The van der Waals surface area contributed by atoms with Gasteiger partial charge in [-0.15, -0.1) is 0 Å². The Balaban J connectivity index is 1.96. The standard InChI is InChI=1S/C16H13BrClNO3/c1-10(15(20)19-14-7-5-13(18)6-8-14)22-16(21)11-3-2-4-12(17)9-11/h2-10H,1H3,(H,19,20). The SMILES string of the molecule is CC(OC(=O)c1cccc(Br)c1)C(=O)Nc1ccc(Cl)cc1. The minimum absolute atomic E-state index is 0.375. The maximum Gasteiger partial charge on any atom is 0.338 e. The zero-order valence-corrected chi connectivity index (χ0v) is 14.0. The predicted octanol–water partition coefficient (Wildman–Crippen LogP) is 4.29. The van der Waals surface area contributed by atoms with Crippen molar-refractivity contribution in [1.82, 2.24) is 0 Å². The van der Waals surface area contributed by atoms with Crippen molar-refractivity contribution in [1.29, 1.82) is 0 Å². The molecule has 0 spiro atoms. The fourth-order valence-electron chi connectivity index (χ4n) is 1.67. The van der Waals surface area contributed by atoms with Crippen molar-refractivity contribution in [2.75, 3.05) is 5.32 Å². The van der Waals surface area contributed by atoms with Gasteiger partial charge in [0.25, 0.3) is 5.91 Å². The minimum atomic E-state index is -0.915. The molecule has 0 aromatic heterocycles. The van der Waals surface area contributed by atoms with Crippen LogP contribution >= 0.6 is 27.5 Å². The van der Waals surface area contributed by atoms with Gasteiger partial charge in [-0.1, -0.05) is 33.6 Å². The molecule has 0 bridgehead atoms. The Morgan fingerprint density at radius 2 is 1.86 bits per heavy atom. The van der Waals surface area contributed by atoms with Crippen LogP contribution in [0.5, 0.6) is 0 Å². The third kappa shape index (κ3) is 4.58. The van der Waals surface area contributed by atoms with Crippen LogP contribution in [-0.2, 0) is 9.53 Å². The molecule has 2 aromatic carbocycles. The quantitative estimate of drug-likeness (QED) is 0.803. The van der Waals surface area contributed by atoms with Crippen molar-refractivity contribution >= 4 is 45.1 Å². The third-order valence-electron chi connectivity index (χ3n) is 2.83. The predicted molar refractivity (Wildman–Crippen MR) is 89.1 cm³/mol. The molecule has 1 unspecified atom stereocenters. The number of rotatable bonds is 4. The number of nitrogens with one attached hydrogen (secondary N) is 1. The molecule has 2 rings (SSSR count). The molecule has 1 atom stereocenters. The lowest BCUT2D eigenvalue weighted by atomic mass is 10.2. The topological polar surface area (TPSA) is 55.4 Å². The molecule has 0 fully saturated rings. The summed E-state index contributed by atoms with van der Waals surface area (Å²) in [6.45, 7) is 1.52. The lowest BCUT2D eigenvalue weighted by molar-refractivity contribution is -0.123. The van der Waals surface area contributed by atoms with E-state index >= 15 is 0 Å². The summed E-state index contributed by atoms with van der Waals surface area (Å²) in [5.41, 5.74) is 0.959. The van der Waals surface area contributed by atoms with Crippen molar-refractivity contribution in [3.8, 4) is 0 Å². The van der Waals surface area contributed by atoms with Crippen molar-refractivity contribution in [2.45, 2.75) is 13.0 Å². The van der Waals surface area contributed by atoms with Gasteiger partial charge in [-0.25, -0.2) is 4.79 Å². The summed E-state index contributed by atoms with van der Waals surface area (Å²) in [6, 6.07) is 13.4. The van der Waals surface area contributed by atoms with E-state index in [1.165, 1.54) is 6.92 Å². The summed E-state index contributed by atoms with van der Waals surface area (Å²) in [5.74, 6) is -0.967. The molecular weight excluding hydrogens is 370 g/mol. The third-order valence-corrected chi connectivity index (χ3v) is 3.57. The molecule has 0 aliphatic heterocycles. The number of amides is 1. The summed E-state index contributed by atoms with van der Waals surface area (Å²) in [6.07, 6.45) is -0.915. The van der Waals surface area contributed by atoms with Crippen molar-refractivity contribution in [2.24, 2.45) is 0 Å². The van der Waals surface area contributed by atoms with Gasteiger partial charge in [0.2, 0.25) is 0 Å². The average Bonchev–Trinajstić information content (AvgIpc) is 2.49. The van der Waals surface area contributed by atoms with Gasteiger partial charge in [0.1, 0.15) is 0 Å². The number of benzene rings is 2. The Morgan fingerprint density at radius 3 is 2.50 bits per heavy atom. The molecule has 6 heteroatoms.